The molecule has 0 fully saturated rings. The van der Waals surface area contributed by atoms with Gasteiger partial charge >= 0.3 is 13.8 Å². The lowest BCUT2D eigenvalue weighted by molar-refractivity contribution is -0.154. The molecule has 3 atom stereocenters. The molecule has 294 valence electrons. The van der Waals surface area contributed by atoms with Gasteiger partial charge in [0.05, 0.1) is 26.4 Å². The number of phosphoric acid groups is 1. The van der Waals surface area contributed by atoms with E-state index in [1.54, 1.807) is 0 Å². The summed E-state index contributed by atoms with van der Waals surface area (Å²) in [5.41, 5.74) is 0. The topological polar surface area (TPSA) is 132 Å². The van der Waals surface area contributed by atoms with Crippen molar-refractivity contribution in [3.63, 3.8) is 0 Å². The van der Waals surface area contributed by atoms with Crippen LogP contribution in [0, 0.1) is 0 Å². The number of unbranched alkanes of at least 4 members (excludes halogenated alkanes) is 18. The van der Waals surface area contributed by atoms with Gasteiger partial charge in [0.25, 0.3) is 0 Å². The summed E-state index contributed by atoms with van der Waals surface area (Å²) >= 11 is 0. The first kappa shape index (κ1) is 48.7. The van der Waals surface area contributed by atoms with E-state index >= 15 is 0 Å². The van der Waals surface area contributed by atoms with Crippen LogP contribution in [-0.2, 0) is 27.9 Å². The molecule has 9 nitrogen and oxygen atoms in total. The molecule has 0 aliphatic carbocycles. The van der Waals surface area contributed by atoms with Gasteiger partial charge in [0.15, 0.2) is 0 Å². The molecule has 0 aromatic heterocycles. The summed E-state index contributed by atoms with van der Waals surface area (Å²) in [5.74, 6) is -0.397. The fourth-order valence-corrected chi connectivity index (χ4v) is 5.99. The number of hydrogen-bond acceptors (Lipinski definition) is 8. The Hall–Kier alpha value is -1.32. The zero-order chi connectivity index (χ0) is 36.8. The highest BCUT2D eigenvalue weighted by Gasteiger charge is 2.26. The molecule has 10 heteroatoms. The Kier molecular flexibility index (Phi) is 36.4. The second-order valence-corrected chi connectivity index (χ2v) is 14.7. The first-order valence-electron chi connectivity index (χ1n) is 20.0. The molecule has 0 rings (SSSR count). The van der Waals surface area contributed by atoms with Crippen molar-refractivity contribution in [1.82, 2.24) is 0 Å². The molecule has 0 aliphatic rings. The average molecular weight is 731 g/mol. The Morgan fingerprint density at radius 3 is 1.66 bits per heavy atom. The molecule has 0 radical (unpaired) electrons. The number of ether oxygens (including phenoxy) is 2. The average Bonchev–Trinajstić information content (AvgIpc) is 3.10. The maximum Gasteiger partial charge on any atom is 0.472 e. The van der Waals surface area contributed by atoms with Gasteiger partial charge in [-0.25, -0.2) is 4.57 Å². The van der Waals surface area contributed by atoms with Gasteiger partial charge in [0.2, 0.25) is 0 Å². The number of esters is 1. The summed E-state index contributed by atoms with van der Waals surface area (Å²) in [6.45, 7) is 3.43. The SMILES string of the molecule is CCCCC/C=C\C/C=C\CCCCCCCCOCC(COP(=O)(O)OCC(O)CO)OC(=O)CCCCCCC/C=C\CCCCCC. The minimum Gasteiger partial charge on any atom is -0.457 e. The van der Waals surface area contributed by atoms with E-state index in [-0.39, 0.29) is 19.6 Å². The molecule has 0 spiro atoms. The number of carbonyl (C=O) groups is 1. The molecule has 0 amide bonds. The molecule has 0 saturated heterocycles. The molecular formula is C40H75O9P. The van der Waals surface area contributed by atoms with Crippen LogP contribution in [0.2, 0.25) is 0 Å². The Morgan fingerprint density at radius 2 is 1.08 bits per heavy atom. The molecular weight excluding hydrogens is 655 g/mol. The summed E-state index contributed by atoms with van der Waals surface area (Å²) in [6.07, 6.45) is 38.1. The van der Waals surface area contributed by atoms with Gasteiger partial charge in [-0.3, -0.25) is 13.8 Å². The molecule has 0 aromatic rings. The van der Waals surface area contributed by atoms with E-state index in [9.17, 15) is 19.4 Å². The van der Waals surface area contributed by atoms with Gasteiger partial charge in [0.1, 0.15) is 12.2 Å². The highest BCUT2D eigenvalue weighted by Crippen LogP contribution is 2.43. The number of rotatable bonds is 38. The van der Waals surface area contributed by atoms with E-state index in [0.29, 0.717) is 13.0 Å². The fourth-order valence-electron chi connectivity index (χ4n) is 5.20. The lowest BCUT2D eigenvalue weighted by atomic mass is 10.1. The molecule has 50 heavy (non-hydrogen) atoms. The Labute approximate surface area is 305 Å². The van der Waals surface area contributed by atoms with E-state index in [1.807, 2.05) is 0 Å². The van der Waals surface area contributed by atoms with Gasteiger partial charge in [-0.2, -0.15) is 0 Å². The Balaban J connectivity index is 4.24. The smallest absolute Gasteiger partial charge is 0.457 e. The van der Waals surface area contributed by atoms with Gasteiger partial charge in [-0.15, -0.1) is 0 Å². The standard InChI is InChI=1S/C40H75O9P/c1-3-5-7-9-11-13-15-17-18-19-21-23-25-27-29-31-33-46-36-39(37-48-50(44,45)47-35-38(42)34-41)49-40(43)32-30-28-26-24-22-20-16-14-12-10-8-6-4-2/h11,13-14,16-18,38-39,41-42H,3-10,12,15,19-37H2,1-2H3,(H,44,45)/b13-11-,16-14-,18-17-. The van der Waals surface area contributed by atoms with E-state index in [0.717, 1.165) is 64.2 Å². The summed E-state index contributed by atoms with van der Waals surface area (Å²) in [5, 5.41) is 18.3. The molecule has 3 N–H and O–H groups in total. The zero-order valence-corrected chi connectivity index (χ0v) is 32.8. The molecule has 0 saturated carbocycles. The minimum atomic E-state index is -4.52. The van der Waals surface area contributed by atoms with Crippen LogP contribution < -0.4 is 0 Å². The number of aliphatic hydroxyl groups excluding tert-OH is 2. The van der Waals surface area contributed by atoms with Crippen molar-refractivity contribution in [3.05, 3.63) is 36.5 Å². The maximum absolute atomic E-state index is 12.6. The lowest BCUT2D eigenvalue weighted by Crippen LogP contribution is -2.29. The van der Waals surface area contributed by atoms with Crippen LogP contribution in [0.5, 0.6) is 0 Å². The van der Waals surface area contributed by atoms with Crippen molar-refractivity contribution in [2.24, 2.45) is 0 Å². The van der Waals surface area contributed by atoms with Crippen LogP contribution >= 0.6 is 7.82 Å². The normalized spacial score (nSPS) is 14.6. The van der Waals surface area contributed by atoms with Gasteiger partial charge < -0.3 is 24.6 Å². The molecule has 0 heterocycles. The predicted octanol–water partition coefficient (Wildman–Crippen LogP) is 10.5. The highest BCUT2D eigenvalue weighted by atomic mass is 31.2. The third-order valence-electron chi connectivity index (χ3n) is 8.30. The third-order valence-corrected chi connectivity index (χ3v) is 9.25. The first-order chi connectivity index (χ1) is 24.3. The number of carbonyl (C=O) groups excluding carboxylic acids is 1. The Bertz CT molecular complexity index is 877. The second-order valence-electron chi connectivity index (χ2n) is 13.3. The quantitative estimate of drug-likeness (QED) is 0.0246. The van der Waals surface area contributed by atoms with Crippen LogP contribution in [0.4, 0.5) is 0 Å². The molecule has 0 bridgehead atoms. The van der Waals surface area contributed by atoms with Crippen molar-refractivity contribution in [3.8, 4) is 0 Å². The van der Waals surface area contributed by atoms with Crippen LogP contribution in [0.25, 0.3) is 0 Å². The van der Waals surface area contributed by atoms with Crippen LogP contribution in [0.1, 0.15) is 168 Å². The van der Waals surface area contributed by atoms with Crippen LogP contribution in [-0.4, -0.2) is 66.3 Å². The minimum absolute atomic E-state index is 0.0391. The first-order valence-corrected chi connectivity index (χ1v) is 21.5. The number of allylic oxidation sites excluding steroid dienone is 6. The largest absolute Gasteiger partial charge is 0.472 e. The molecule has 0 aliphatic heterocycles. The van der Waals surface area contributed by atoms with Crippen LogP contribution in [0.3, 0.4) is 0 Å². The van der Waals surface area contributed by atoms with Gasteiger partial charge in [-0.1, -0.05) is 127 Å². The predicted molar refractivity (Wildman–Crippen MR) is 205 cm³/mol. The third kappa shape index (κ3) is 36.5. The van der Waals surface area contributed by atoms with Crippen molar-refractivity contribution in [2.45, 2.75) is 180 Å². The van der Waals surface area contributed by atoms with E-state index in [2.05, 4.69) is 50.3 Å². The van der Waals surface area contributed by atoms with E-state index < -0.39 is 39.2 Å². The highest BCUT2D eigenvalue weighted by molar-refractivity contribution is 7.47. The summed E-state index contributed by atoms with van der Waals surface area (Å²) in [4.78, 5) is 22.5. The van der Waals surface area contributed by atoms with E-state index in [4.69, 9.17) is 23.6 Å². The molecule has 3 unspecified atom stereocenters. The van der Waals surface area contributed by atoms with Crippen molar-refractivity contribution < 1.29 is 43.0 Å². The summed E-state index contributed by atoms with van der Waals surface area (Å²) in [6, 6.07) is 0. The van der Waals surface area contributed by atoms with Crippen molar-refractivity contribution >= 4 is 13.8 Å². The van der Waals surface area contributed by atoms with Crippen LogP contribution in [0.15, 0.2) is 36.5 Å². The number of aliphatic hydroxyl groups is 2. The van der Waals surface area contributed by atoms with E-state index in [1.165, 1.54) is 77.0 Å². The summed E-state index contributed by atoms with van der Waals surface area (Å²) < 4.78 is 33.2. The lowest BCUT2D eigenvalue weighted by Gasteiger charge is -2.20. The second kappa shape index (κ2) is 37.4. The summed E-state index contributed by atoms with van der Waals surface area (Å²) in [7, 11) is -4.52. The number of hydrogen-bond donors (Lipinski definition) is 3. The maximum atomic E-state index is 12.6. The zero-order valence-electron chi connectivity index (χ0n) is 31.9. The fraction of sp³-hybridized carbons (Fsp3) is 0.825. The van der Waals surface area contributed by atoms with Crippen molar-refractivity contribution in [2.75, 3.05) is 33.0 Å². The Morgan fingerprint density at radius 1 is 0.620 bits per heavy atom. The van der Waals surface area contributed by atoms with Gasteiger partial charge in [0, 0.05) is 13.0 Å². The van der Waals surface area contributed by atoms with Gasteiger partial charge in [-0.05, 0) is 70.6 Å². The monoisotopic (exact) mass is 731 g/mol. The number of phosphoric ester groups is 1. The molecule has 0 aromatic carbocycles. The van der Waals surface area contributed by atoms with Crippen molar-refractivity contribution in [1.29, 1.82) is 0 Å².